The first-order valence-corrected chi connectivity index (χ1v) is 3.61. The van der Waals surface area contributed by atoms with Crippen LogP contribution in [0.5, 0.6) is 0 Å². The van der Waals surface area contributed by atoms with Crippen molar-refractivity contribution in [1.29, 1.82) is 0 Å². The highest BCUT2D eigenvalue weighted by atomic mass is 16.3. The fourth-order valence-electron chi connectivity index (χ4n) is 1.16. The summed E-state index contributed by atoms with van der Waals surface area (Å²) in [5, 5.41) is 8.71. The Balaban J connectivity index is 2.40. The number of aliphatic hydroxyl groups is 1. The SMILES string of the molecule is C[C@@H]1CC=C(CO)CC1. The lowest BCUT2D eigenvalue weighted by atomic mass is 9.92. The van der Waals surface area contributed by atoms with Crippen LogP contribution in [0, 0.1) is 5.92 Å². The highest BCUT2D eigenvalue weighted by molar-refractivity contribution is 5.05. The second kappa shape index (κ2) is 3.02. The van der Waals surface area contributed by atoms with E-state index in [0.717, 1.165) is 18.8 Å². The first-order chi connectivity index (χ1) is 4.33. The minimum Gasteiger partial charge on any atom is -0.392 e. The summed E-state index contributed by atoms with van der Waals surface area (Å²) in [7, 11) is 0. The zero-order valence-electron chi connectivity index (χ0n) is 5.93. The molecule has 1 aliphatic rings. The fraction of sp³-hybridized carbons (Fsp3) is 0.750. The Morgan fingerprint density at radius 1 is 1.78 bits per heavy atom. The van der Waals surface area contributed by atoms with Crippen LogP contribution in [-0.2, 0) is 0 Å². The number of rotatable bonds is 1. The van der Waals surface area contributed by atoms with E-state index >= 15 is 0 Å². The third kappa shape index (κ3) is 1.83. The molecule has 0 aromatic heterocycles. The molecule has 0 fully saturated rings. The quantitative estimate of drug-likeness (QED) is 0.530. The summed E-state index contributed by atoms with van der Waals surface area (Å²) in [4.78, 5) is 0. The highest BCUT2D eigenvalue weighted by Gasteiger charge is 2.07. The van der Waals surface area contributed by atoms with Gasteiger partial charge in [0.1, 0.15) is 0 Å². The van der Waals surface area contributed by atoms with Crippen molar-refractivity contribution in [3.8, 4) is 0 Å². The molecule has 0 amide bonds. The van der Waals surface area contributed by atoms with Crippen molar-refractivity contribution in [2.24, 2.45) is 5.92 Å². The van der Waals surface area contributed by atoms with E-state index in [1.807, 2.05) is 0 Å². The normalized spacial score (nSPS) is 27.8. The summed E-state index contributed by atoms with van der Waals surface area (Å²) in [5.74, 6) is 0.834. The van der Waals surface area contributed by atoms with Crippen LogP contribution in [-0.4, -0.2) is 11.7 Å². The number of aliphatic hydroxyl groups excluding tert-OH is 1. The van der Waals surface area contributed by atoms with Crippen molar-refractivity contribution in [2.45, 2.75) is 26.2 Å². The lowest BCUT2D eigenvalue weighted by molar-refractivity contribution is 0.318. The summed E-state index contributed by atoms with van der Waals surface area (Å²) in [6.07, 6.45) is 5.70. The molecule has 0 saturated carbocycles. The molecule has 0 aliphatic heterocycles. The van der Waals surface area contributed by atoms with Gasteiger partial charge in [0.2, 0.25) is 0 Å². The highest BCUT2D eigenvalue weighted by Crippen LogP contribution is 2.21. The molecule has 0 spiro atoms. The number of hydrogen-bond acceptors (Lipinski definition) is 1. The molecular formula is C8H14O. The molecule has 1 aliphatic carbocycles. The van der Waals surface area contributed by atoms with E-state index in [2.05, 4.69) is 13.0 Å². The maximum absolute atomic E-state index is 8.71. The Bertz CT molecular complexity index is 116. The van der Waals surface area contributed by atoms with Crippen molar-refractivity contribution in [1.82, 2.24) is 0 Å². The molecule has 1 N–H and O–H groups in total. The van der Waals surface area contributed by atoms with Crippen molar-refractivity contribution in [2.75, 3.05) is 6.61 Å². The van der Waals surface area contributed by atoms with Gasteiger partial charge in [-0.2, -0.15) is 0 Å². The summed E-state index contributed by atoms with van der Waals surface area (Å²) in [5.41, 5.74) is 1.23. The second-order valence-corrected chi connectivity index (χ2v) is 2.90. The maximum Gasteiger partial charge on any atom is 0.0641 e. The smallest absolute Gasteiger partial charge is 0.0641 e. The van der Waals surface area contributed by atoms with Gasteiger partial charge in [-0.25, -0.2) is 0 Å². The Labute approximate surface area is 56.4 Å². The van der Waals surface area contributed by atoms with Gasteiger partial charge in [-0.1, -0.05) is 13.0 Å². The molecule has 1 heteroatoms. The second-order valence-electron chi connectivity index (χ2n) is 2.90. The first-order valence-electron chi connectivity index (χ1n) is 3.61. The predicted molar refractivity (Wildman–Crippen MR) is 38.2 cm³/mol. The van der Waals surface area contributed by atoms with E-state index in [0.29, 0.717) is 0 Å². The van der Waals surface area contributed by atoms with Gasteiger partial charge < -0.3 is 5.11 Å². The average Bonchev–Trinajstić information content (AvgIpc) is 1.90. The maximum atomic E-state index is 8.71. The molecule has 0 aromatic carbocycles. The summed E-state index contributed by atoms with van der Waals surface area (Å²) in [6.45, 7) is 2.53. The van der Waals surface area contributed by atoms with Crippen molar-refractivity contribution < 1.29 is 5.11 Å². The fourth-order valence-corrected chi connectivity index (χ4v) is 1.16. The molecule has 1 rings (SSSR count). The molecule has 0 saturated heterocycles. The Hall–Kier alpha value is -0.300. The van der Waals surface area contributed by atoms with E-state index in [-0.39, 0.29) is 6.61 Å². The van der Waals surface area contributed by atoms with Crippen LogP contribution in [0.25, 0.3) is 0 Å². The van der Waals surface area contributed by atoms with Crippen molar-refractivity contribution >= 4 is 0 Å². The van der Waals surface area contributed by atoms with Gasteiger partial charge in [-0.15, -0.1) is 0 Å². The molecule has 1 nitrogen and oxygen atoms in total. The van der Waals surface area contributed by atoms with Crippen molar-refractivity contribution in [3.63, 3.8) is 0 Å². The Kier molecular flexibility index (Phi) is 2.29. The average molecular weight is 126 g/mol. The summed E-state index contributed by atoms with van der Waals surface area (Å²) in [6, 6.07) is 0. The number of allylic oxidation sites excluding steroid dienone is 1. The molecule has 0 heterocycles. The molecule has 52 valence electrons. The van der Waals surface area contributed by atoms with E-state index in [1.165, 1.54) is 12.0 Å². The minimum atomic E-state index is 0.271. The standard InChI is InChI=1S/C8H14O/c1-7-2-4-8(6-9)5-3-7/h4,7,9H,2-3,5-6H2,1H3/t7-/m1/s1. The zero-order valence-corrected chi connectivity index (χ0v) is 5.93. The van der Waals surface area contributed by atoms with Crippen LogP contribution >= 0.6 is 0 Å². The molecule has 0 radical (unpaired) electrons. The topological polar surface area (TPSA) is 20.2 Å². The van der Waals surface area contributed by atoms with E-state index < -0.39 is 0 Å². The molecule has 0 aromatic rings. The monoisotopic (exact) mass is 126 g/mol. The molecule has 0 unspecified atom stereocenters. The van der Waals surface area contributed by atoms with Crippen LogP contribution in [0.15, 0.2) is 11.6 Å². The summed E-state index contributed by atoms with van der Waals surface area (Å²) < 4.78 is 0. The Morgan fingerprint density at radius 3 is 3.00 bits per heavy atom. The van der Waals surface area contributed by atoms with Gasteiger partial charge in [-0.3, -0.25) is 0 Å². The van der Waals surface area contributed by atoms with E-state index in [9.17, 15) is 0 Å². The van der Waals surface area contributed by atoms with Gasteiger partial charge in [0, 0.05) is 0 Å². The lowest BCUT2D eigenvalue weighted by Gasteiger charge is -2.15. The Morgan fingerprint density at radius 2 is 2.56 bits per heavy atom. The van der Waals surface area contributed by atoms with E-state index in [1.54, 1.807) is 0 Å². The largest absolute Gasteiger partial charge is 0.392 e. The third-order valence-corrected chi connectivity index (χ3v) is 1.97. The number of hydrogen-bond donors (Lipinski definition) is 1. The van der Waals surface area contributed by atoms with E-state index in [4.69, 9.17) is 5.11 Å². The van der Waals surface area contributed by atoms with Gasteiger partial charge in [-0.05, 0) is 30.8 Å². The van der Waals surface area contributed by atoms with Crippen LogP contribution in [0.2, 0.25) is 0 Å². The molecule has 1 atom stereocenters. The van der Waals surface area contributed by atoms with Crippen LogP contribution < -0.4 is 0 Å². The summed E-state index contributed by atoms with van der Waals surface area (Å²) >= 11 is 0. The first kappa shape index (κ1) is 6.81. The van der Waals surface area contributed by atoms with Crippen LogP contribution in [0.4, 0.5) is 0 Å². The van der Waals surface area contributed by atoms with Crippen molar-refractivity contribution in [3.05, 3.63) is 11.6 Å². The zero-order chi connectivity index (χ0) is 6.69. The molecular weight excluding hydrogens is 112 g/mol. The third-order valence-electron chi connectivity index (χ3n) is 1.97. The van der Waals surface area contributed by atoms with Gasteiger partial charge in [0.05, 0.1) is 6.61 Å². The van der Waals surface area contributed by atoms with Gasteiger partial charge in [0.25, 0.3) is 0 Å². The van der Waals surface area contributed by atoms with Crippen LogP contribution in [0.1, 0.15) is 26.2 Å². The van der Waals surface area contributed by atoms with Crippen LogP contribution in [0.3, 0.4) is 0 Å². The molecule has 9 heavy (non-hydrogen) atoms. The predicted octanol–water partition coefficient (Wildman–Crippen LogP) is 1.73. The molecule has 0 bridgehead atoms. The minimum absolute atomic E-state index is 0.271. The lowest BCUT2D eigenvalue weighted by Crippen LogP contribution is -2.03. The van der Waals surface area contributed by atoms with Gasteiger partial charge >= 0.3 is 0 Å². The van der Waals surface area contributed by atoms with Gasteiger partial charge in [0.15, 0.2) is 0 Å².